The number of hydrogen-bond acceptors (Lipinski definition) is 4. The molecule has 0 aliphatic rings. The van der Waals surface area contributed by atoms with E-state index in [0.717, 1.165) is 23.4 Å². The Labute approximate surface area is 137 Å². The average Bonchev–Trinajstić information content (AvgIpc) is 3.11. The molecule has 5 nitrogen and oxygen atoms in total. The molecule has 1 heterocycles. The SMILES string of the molecule is CC(COc1ccc(F)c(F)c1)Nc1cccc(-c2ncn[nH]2)c1. The first-order valence-corrected chi connectivity index (χ1v) is 7.42. The van der Waals surface area contributed by atoms with Crippen LogP contribution in [0.4, 0.5) is 14.5 Å². The van der Waals surface area contributed by atoms with Gasteiger partial charge in [-0.15, -0.1) is 0 Å². The van der Waals surface area contributed by atoms with Crippen LogP contribution < -0.4 is 10.1 Å². The van der Waals surface area contributed by atoms with Gasteiger partial charge in [-0.2, -0.15) is 5.10 Å². The zero-order valence-corrected chi connectivity index (χ0v) is 13.0. The highest BCUT2D eigenvalue weighted by molar-refractivity contribution is 5.62. The van der Waals surface area contributed by atoms with Gasteiger partial charge in [0.2, 0.25) is 0 Å². The number of H-pyrrole nitrogens is 1. The summed E-state index contributed by atoms with van der Waals surface area (Å²) in [6.45, 7) is 2.23. The smallest absolute Gasteiger partial charge is 0.162 e. The second kappa shape index (κ2) is 7.08. The molecule has 0 aliphatic carbocycles. The third-order valence-corrected chi connectivity index (χ3v) is 3.36. The van der Waals surface area contributed by atoms with Crippen LogP contribution in [-0.4, -0.2) is 27.8 Å². The van der Waals surface area contributed by atoms with Crippen LogP contribution in [0, 0.1) is 11.6 Å². The molecule has 0 fully saturated rings. The lowest BCUT2D eigenvalue weighted by molar-refractivity contribution is 0.301. The van der Waals surface area contributed by atoms with E-state index in [1.54, 1.807) is 0 Å². The van der Waals surface area contributed by atoms with Gasteiger partial charge in [-0.3, -0.25) is 5.10 Å². The van der Waals surface area contributed by atoms with Crippen molar-refractivity contribution in [1.29, 1.82) is 0 Å². The van der Waals surface area contributed by atoms with E-state index in [1.807, 2.05) is 31.2 Å². The maximum Gasteiger partial charge on any atom is 0.162 e. The Morgan fingerprint density at radius 2 is 2.04 bits per heavy atom. The predicted molar refractivity (Wildman–Crippen MR) is 86.8 cm³/mol. The number of ether oxygens (including phenoxy) is 1. The molecule has 7 heteroatoms. The van der Waals surface area contributed by atoms with Crippen molar-refractivity contribution in [2.24, 2.45) is 0 Å². The largest absolute Gasteiger partial charge is 0.491 e. The van der Waals surface area contributed by atoms with Gasteiger partial charge in [-0.25, -0.2) is 13.8 Å². The first kappa shape index (κ1) is 15.9. The van der Waals surface area contributed by atoms with Crippen LogP contribution in [0.2, 0.25) is 0 Å². The molecule has 0 radical (unpaired) electrons. The summed E-state index contributed by atoms with van der Waals surface area (Å²) < 4.78 is 31.5. The zero-order chi connectivity index (χ0) is 16.9. The van der Waals surface area contributed by atoms with Crippen LogP contribution in [0.15, 0.2) is 48.8 Å². The summed E-state index contributed by atoms with van der Waals surface area (Å²) in [4.78, 5) is 4.11. The molecule has 0 bridgehead atoms. The lowest BCUT2D eigenvalue weighted by Gasteiger charge is -2.16. The van der Waals surface area contributed by atoms with Crippen LogP contribution in [0.3, 0.4) is 0 Å². The Bertz CT molecular complexity index is 808. The molecule has 24 heavy (non-hydrogen) atoms. The number of hydrogen-bond donors (Lipinski definition) is 2. The minimum atomic E-state index is -0.923. The summed E-state index contributed by atoms with van der Waals surface area (Å²) in [5, 5.41) is 9.93. The molecule has 124 valence electrons. The summed E-state index contributed by atoms with van der Waals surface area (Å²) in [5.74, 6) is -0.840. The molecular weight excluding hydrogens is 314 g/mol. The van der Waals surface area contributed by atoms with E-state index in [9.17, 15) is 8.78 Å². The minimum absolute atomic E-state index is 0.0388. The molecular formula is C17H16F2N4O. The Balaban J connectivity index is 1.59. The van der Waals surface area contributed by atoms with E-state index in [4.69, 9.17) is 4.74 Å². The molecule has 0 amide bonds. The number of aromatic nitrogens is 3. The van der Waals surface area contributed by atoms with Gasteiger partial charge in [0.25, 0.3) is 0 Å². The van der Waals surface area contributed by atoms with Gasteiger partial charge in [0.15, 0.2) is 17.5 Å². The molecule has 3 rings (SSSR count). The van der Waals surface area contributed by atoms with Gasteiger partial charge < -0.3 is 10.1 Å². The normalized spacial score (nSPS) is 12.0. The number of nitrogens with zero attached hydrogens (tertiary/aromatic N) is 2. The van der Waals surface area contributed by atoms with Crippen molar-refractivity contribution >= 4 is 5.69 Å². The summed E-state index contributed by atoms with van der Waals surface area (Å²) in [7, 11) is 0. The molecule has 0 spiro atoms. The molecule has 2 aromatic carbocycles. The van der Waals surface area contributed by atoms with Gasteiger partial charge in [0.05, 0.1) is 6.04 Å². The van der Waals surface area contributed by atoms with Crippen LogP contribution in [0.25, 0.3) is 11.4 Å². The topological polar surface area (TPSA) is 62.8 Å². The van der Waals surface area contributed by atoms with Crippen molar-refractivity contribution in [1.82, 2.24) is 15.2 Å². The van der Waals surface area contributed by atoms with Gasteiger partial charge in [-0.05, 0) is 31.2 Å². The number of nitrogens with one attached hydrogen (secondary N) is 2. The maximum atomic E-state index is 13.1. The number of anilines is 1. The van der Waals surface area contributed by atoms with E-state index in [2.05, 4.69) is 20.5 Å². The minimum Gasteiger partial charge on any atom is -0.491 e. The molecule has 0 aliphatic heterocycles. The molecule has 3 aromatic rings. The van der Waals surface area contributed by atoms with E-state index >= 15 is 0 Å². The second-order valence-corrected chi connectivity index (χ2v) is 5.35. The highest BCUT2D eigenvalue weighted by Crippen LogP contribution is 2.20. The van der Waals surface area contributed by atoms with Crippen molar-refractivity contribution in [3.8, 4) is 17.1 Å². The fourth-order valence-electron chi connectivity index (χ4n) is 2.21. The molecule has 0 saturated heterocycles. The predicted octanol–water partition coefficient (Wildman–Crippen LogP) is 3.63. The third kappa shape index (κ3) is 3.87. The van der Waals surface area contributed by atoms with Crippen LogP contribution in [0.5, 0.6) is 5.75 Å². The van der Waals surface area contributed by atoms with E-state index < -0.39 is 11.6 Å². The molecule has 0 saturated carbocycles. The summed E-state index contributed by atoms with van der Waals surface area (Å²) in [5.41, 5.74) is 1.80. The number of aromatic amines is 1. The zero-order valence-electron chi connectivity index (χ0n) is 13.0. The highest BCUT2D eigenvalue weighted by Gasteiger charge is 2.08. The number of halogens is 2. The van der Waals surface area contributed by atoms with Gasteiger partial charge in [0, 0.05) is 17.3 Å². The summed E-state index contributed by atoms with van der Waals surface area (Å²) >= 11 is 0. The lowest BCUT2D eigenvalue weighted by atomic mass is 10.2. The fraction of sp³-hybridized carbons (Fsp3) is 0.176. The van der Waals surface area contributed by atoms with E-state index in [1.165, 1.54) is 12.4 Å². The molecule has 1 atom stereocenters. The van der Waals surface area contributed by atoms with Crippen molar-refractivity contribution in [3.63, 3.8) is 0 Å². The Kier molecular flexibility index (Phi) is 4.69. The average molecular weight is 330 g/mol. The molecule has 1 aromatic heterocycles. The first-order valence-electron chi connectivity index (χ1n) is 7.42. The first-order chi connectivity index (χ1) is 11.6. The Morgan fingerprint density at radius 1 is 1.17 bits per heavy atom. The van der Waals surface area contributed by atoms with Crippen LogP contribution >= 0.6 is 0 Å². The molecule has 1 unspecified atom stereocenters. The Morgan fingerprint density at radius 3 is 2.79 bits per heavy atom. The summed E-state index contributed by atoms with van der Waals surface area (Å²) in [6, 6.07) is 11.1. The number of benzene rings is 2. The van der Waals surface area contributed by atoms with Crippen molar-refractivity contribution in [2.75, 3.05) is 11.9 Å². The van der Waals surface area contributed by atoms with Crippen LogP contribution in [-0.2, 0) is 0 Å². The van der Waals surface area contributed by atoms with Gasteiger partial charge >= 0.3 is 0 Å². The summed E-state index contributed by atoms with van der Waals surface area (Å²) in [6.07, 6.45) is 1.45. The second-order valence-electron chi connectivity index (χ2n) is 5.35. The van der Waals surface area contributed by atoms with E-state index in [-0.39, 0.29) is 11.8 Å². The van der Waals surface area contributed by atoms with Crippen LogP contribution in [0.1, 0.15) is 6.92 Å². The monoisotopic (exact) mass is 330 g/mol. The fourth-order valence-corrected chi connectivity index (χ4v) is 2.21. The number of rotatable bonds is 6. The third-order valence-electron chi connectivity index (χ3n) is 3.36. The van der Waals surface area contributed by atoms with Crippen molar-refractivity contribution < 1.29 is 13.5 Å². The highest BCUT2D eigenvalue weighted by atomic mass is 19.2. The standard InChI is InChI=1S/C17H16F2N4O/c1-11(9-24-14-5-6-15(18)16(19)8-14)22-13-4-2-3-12(7-13)17-20-10-21-23-17/h2-8,10-11,22H,9H2,1H3,(H,20,21,23). The quantitative estimate of drug-likeness (QED) is 0.724. The Hall–Kier alpha value is -2.96. The maximum absolute atomic E-state index is 13.1. The molecule has 2 N–H and O–H groups in total. The van der Waals surface area contributed by atoms with Crippen molar-refractivity contribution in [2.45, 2.75) is 13.0 Å². The van der Waals surface area contributed by atoms with Gasteiger partial charge in [-0.1, -0.05) is 12.1 Å². The van der Waals surface area contributed by atoms with E-state index in [0.29, 0.717) is 12.4 Å². The van der Waals surface area contributed by atoms with Crippen molar-refractivity contribution in [3.05, 3.63) is 60.4 Å². The van der Waals surface area contributed by atoms with Gasteiger partial charge in [0.1, 0.15) is 18.7 Å². The lowest BCUT2D eigenvalue weighted by Crippen LogP contribution is -2.23.